The quantitative estimate of drug-likeness (QED) is 0.540. The summed E-state index contributed by atoms with van der Waals surface area (Å²) in [6.07, 6.45) is 1.61. The number of ether oxygens (including phenoxy) is 1. The lowest BCUT2D eigenvalue weighted by Crippen LogP contribution is -1.95. The van der Waals surface area contributed by atoms with E-state index >= 15 is 0 Å². The maximum Gasteiger partial charge on any atom is 0.278 e. The number of nitrogens with zero attached hydrogens (tertiary/aromatic N) is 2. The zero-order valence-electron chi connectivity index (χ0n) is 11.3. The van der Waals surface area contributed by atoms with Crippen molar-refractivity contribution >= 4 is 16.5 Å². The van der Waals surface area contributed by atoms with Gasteiger partial charge in [-0.15, -0.1) is 0 Å². The number of fused-ring (bicyclic) bond motifs is 1. The van der Waals surface area contributed by atoms with Gasteiger partial charge in [-0.05, 0) is 11.6 Å². The molecule has 5 heteroatoms. The summed E-state index contributed by atoms with van der Waals surface area (Å²) in [5, 5.41) is 12.5. The van der Waals surface area contributed by atoms with Gasteiger partial charge in [0.25, 0.3) is 5.69 Å². The van der Waals surface area contributed by atoms with Crippen LogP contribution in [0.4, 0.5) is 5.69 Å². The van der Waals surface area contributed by atoms with E-state index in [0.29, 0.717) is 16.7 Å². The van der Waals surface area contributed by atoms with Crippen LogP contribution >= 0.6 is 0 Å². The van der Waals surface area contributed by atoms with Gasteiger partial charge >= 0.3 is 0 Å². The van der Waals surface area contributed by atoms with Crippen molar-refractivity contribution in [3.05, 3.63) is 64.8 Å². The molecule has 0 saturated carbocycles. The zero-order chi connectivity index (χ0) is 14.8. The lowest BCUT2D eigenvalue weighted by atomic mass is 9.99. The van der Waals surface area contributed by atoms with Gasteiger partial charge in [0, 0.05) is 17.8 Å². The highest BCUT2D eigenvalue weighted by molar-refractivity contribution is 6.04. The molecule has 0 saturated heterocycles. The molecule has 21 heavy (non-hydrogen) atoms. The Morgan fingerprint density at radius 3 is 2.52 bits per heavy atom. The molecule has 3 rings (SSSR count). The van der Waals surface area contributed by atoms with Crippen molar-refractivity contribution in [3.63, 3.8) is 0 Å². The summed E-state index contributed by atoms with van der Waals surface area (Å²) in [6, 6.07) is 14.4. The zero-order valence-corrected chi connectivity index (χ0v) is 11.3. The second-order valence-corrected chi connectivity index (χ2v) is 4.50. The Kier molecular flexibility index (Phi) is 3.23. The number of benzene rings is 2. The number of pyridine rings is 1. The van der Waals surface area contributed by atoms with Crippen LogP contribution < -0.4 is 4.74 Å². The van der Waals surface area contributed by atoms with Crippen LogP contribution in [-0.2, 0) is 0 Å². The van der Waals surface area contributed by atoms with Crippen molar-refractivity contribution < 1.29 is 9.66 Å². The summed E-state index contributed by atoms with van der Waals surface area (Å²) in [4.78, 5) is 15.2. The number of aromatic nitrogens is 1. The minimum Gasteiger partial charge on any atom is -0.481 e. The van der Waals surface area contributed by atoms with Crippen LogP contribution in [0.3, 0.4) is 0 Å². The number of rotatable bonds is 3. The maximum absolute atomic E-state index is 11.3. The van der Waals surface area contributed by atoms with Gasteiger partial charge < -0.3 is 4.74 Å². The third kappa shape index (κ3) is 2.18. The first-order chi connectivity index (χ1) is 10.2. The number of nitro groups is 1. The normalized spacial score (nSPS) is 10.5. The Hall–Kier alpha value is -2.95. The summed E-state index contributed by atoms with van der Waals surface area (Å²) >= 11 is 0. The maximum atomic E-state index is 11.3. The molecule has 0 unspecified atom stereocenters. The summed E-state index contributed by atoms with van der Waals surface area (Å²) in [7, 11) is 1.50. The van der Waals surface area contributed by atoms with Gasteiger partial charge in [0.2, 0.25) is 5.88 Å². The third-order valence-corrected chi connectivity index (χ3v) is 3.33. The SMILES string of the molecule is COc1ncc(-c2ccccc2)c2c([N+](=O)[O-])cccc12. The van der Waals surface area contributed by atoms with E-state index in [1.165, 1.54) is 13.2 Å². The highest BCUT2D eigenvalue weighted by Crippen LogP contribution is 2.37. The molecule has 0 spiro atoms. The molecule has 0 radical (unpaired) electrons. The fourth-order valence-corrected chi connectivity index (χ4v) is 2.41. The van der Waals surface area contributed by atoms with Crippen LogP contribution in [0.5, 0.6) is 5.88 Å². The molecule has 0 bridgehead atoms. The monoisotopic (exact) mass is 280 g/mol. The van der Waals surface area contributed by atoms with Crippen LogP contribution in [0, 0.1) is 10.1 Å². The first-order valence-corrected chi connectivity index (χ1v) is 6.38. The van der Waals surface area contributed by atoms with Gasteiger partial charge in [0.15, 0.2) is 0 Å². The van der Waals surface area contributed by atoms with E-state index in [2.05, 4.69) is 4.98 Å². The Bertz CT molecular complexity index is 816. The van der Waals surface area contributed by atoms with Crippen molar-refractivity contribution in [2.45, 2.75) is 0 Å². The number of non-ortho nitro benzene ring substituents is 1. The van der Waals surface area contributed by atoms with Gasteiger partial charge in [-0.25, -0.2) is 4.98 Å². The molecule has 3 aromatic rings. The second kappa shape index (κ2) is 5.20. The molecule has 0 N–H and O–H groups in total. The molecule has 0 amide bonds. The van der Waals surface area contributed by atoms with Crippen LogP contribution in [0.25, 0.3) is 21.9 Å². The average molecular weight is 280 g/mol. The van der Waals surface area contributed by atoms with Crippen molar-refractivity contribution in [2.24, 2.45) is 0 Å². The van der Waals surface area contributed by atoms with E-state index in [1.807, 2.05) is 30.3 Å². The molecule has 0 aliphatic rings. The molecule has 0 aliphatic heterocycles. The smallest absolute Gasteiger partial charge is 0.278 e. The van der Waals surface area contributed by atoms with E-state index < -0.39 is 0 Å². The third-order valence-electron chi connectivity index (χ3n) is 3.33. The van der Waals surface area contributed by atoms with Crippen LogP contribution in [0.1, 0.15) is 0 Å². The van der Waals surface area contributed by atoms with Gasteiger partial charge in [-0.3, -0.25) is 10.1 Å². The second-order valence-electron chi connectivity index (χ2n) is 4.50. The van der Waals surface area contributed by atoms with Crippen molar-refractivity contribution in [3.8, 4) is 17.0 Å². The van der Waals surface area contributed by atoms with E-state index in [9.17, 15) is 10.1 Å². The molecule has 104 valence electrons. The average Bonchev–Trinajstić information content (AvgIpc) is 2.54. The minimum atomic E-state index is -0.381. The lowest BCUT2D eigenvalue weighted by molar-refractivity contribution is -0.383. The molecule has 0 fully saturated rings. The van der Waals surface area contributed by atoms with Crippen LogP contribution in [-0.4, -0.2) is 17.0 Å². The molecule has 1 heterocycles. The summed E-state index contributed by atoms with van der Waals surface area (Å²) in [6.45, 7) is 0. The fraction of sp³-hybridized carbons (Fsp3) is 0.0625. The largest absolute Gasteiger partial charge is 0.481 e. The van der Waals surface area contributed by atoms with Crippen molar-refractivity contribution in [1.82, 2.24) is 4.98 Å². The number of nitro benzene ring substituents is 1. The fourth-order valence-electron chi connectivity index (χ4n) is 2.41. The van der Waals surface area contributed by atoms with E-state index in [4.69, 9.17) is 4.74 Å². The van der Waals surface area contributed by atoms with Crippen molar-refractivity contribution in [2.75, 3.05) is 7.11 Å². The minimum absolute atomic E-state index is 0.0482. The van der Waals surface area contributed by atoms with E-state index in [-0.39, 0.29) is 10.6 Å². The molecule has 1 aromatic heterocycles. The molecule has 0 aliphatic carbocycles. The van der Waals surface area contributed by atoms with Gasteiger partial charge in [0.1, 0.15) is 0 Å². The van der Waals surface area contributed by atoms with Gasteiger partial charge in [-0.1, -0.05) is 36.4 Å². The number of hydrogen-bond donors (Lipinski definition) is 0. The standard InChI is InChI=1S/C16H12N2O3/c1-21-16-12-8-5-9-14(18(19)20)15(12)13(10-17-16)11-6-3-2-4-7-11/h2-10H,1H3. The van der Waals surface area contributed by atoms with Crippen LogP contribution in [0.2, 0.25) is 0 Å². The number of methoxy groups -OCH3 is 1. The molecule has 2 aromatic carbocycles. The van der Waals surface area contributed by atoms with E-state index in [0.717, 1.165) is 11.1 Å². The first kappa shape index (κ1) is 13.1. The summed E-state index contributed by atoms with van der Waals surface area (Å²) < 4.78 is 5.22. The van der Waals surface area contributed by atoms with Gasteiger partial charge in [-0.2, -0.15) is 0 Å². The van der Waals surface area contributed by atoms with Gasteiger partial charge in [0.05, 0.1) is 22.8 Å². The van der Waals surface area contributed by atoms with Crippen LogP contribution in [0.15, 0.2) is 54.7 Å². The molecule has 0 atom stereocenters. The highest BCUT2D eigenvalue weighted by atomic mass is 16.6. The van der Waals surface area contributed by atoms with Crippen molar-refractivity contribution in [1.29, 1.82) is 0 Å². The molecular weight excluding hydrogens is 268 g/mol. The van der Waals surface area contributed by atoms with E-state index in [1.54, 1.807) is 18.3 Å². The summed E-state index contributed by atoms with van der Waals surface area (Å²) in [5.41, 5.74) is 1.65. The predicted octanol–water partition coefficient (Wildman–Crippen LogP) is 3.82. The highest BCUT2D eigenvalue weighted by Gasteiger charge is 2.19. The number of hydrogen-bond acceptors (Lipinski definition) is 4. The first-order valence-electron chi connectivity index (χ1n) is 6.38. The Balaban J connectivity index is 2.43. The predicted molar refractivity (Wildman–Crippen MR) is 80.4 cm³/mol. The molecular formula is C16H12N2O3. The Morgan fingerprint density at radius 2 is 1.86 bits per heavy atom. The Labute approximate surface area is 121 Å². The Morgan fingerprint density at radius 1 is 1.10 bits per heavy atom. The molecule has 5 nitrogen and oxygen atoms in total. The topological polar surface area (TPSA) is 65.3 Å². The lowest BCUT2D eigenvalue weighted by Gasteiger charge is -2.10. The summed E-state index contributed by atoms with van der Waals surface area (Å²) in [5.74, 6) is 0.383.